The minimum absolute atomic E-state index is 0.0228. The highest BCUT2D eigenvalue weighted by Crippen LogP contribution is 2.23. The zero-order chi connectivity index (χ0) is 17.3. The third kappa shape index (κ3) is 2.84. The van der Waals surface area contributed by atoms with E-state index in [2.05, 4.69) is 4.98 Å². The van der Waals surface area contributed by atoms with E-state index in [-0.39, 0.29) is 24.4 Å². The van der Waals surface area contributed by atoms with Crippen molar-refractivity contribution < 1.29 is 23.9 Å². The Kier molecular flexibility index (Phi) is 4.24. The molecule has 0 fully saturated rings. The maximum absolute atomic E-state index is 13.8. The summed E-state index contributed by atoms with van der Waals surface area (Å²) >= 11 is 0. The number of nitrogens with one attached hydrogen (secondary N) is 1. The fourth-order valence-electron chi connectivity index (χ4n) is 2.53. The predicted octanol–water partition coefficient (Wildman–Crippen LogP) is 1.97. The number of hydrogen-bond donors (Lipinski definition) is 3. The molecule has 0 unspecified atom stereocenters. The topological polar surface area (TPSA) is 87.4 Å². The second-order valence-electron chi connectivity index (χ2n) is 5.20. The molecule has 8 heteroatoms. The zero-order valence-corrected chi connectivity index (χ0v) is 12.3. The summed E-state index contributed by atoms with van der Waals surface area (Å²) in [5.74, 6) is -2.12. The van der Waals surface area contributed by atoms with Crippen molar-refractivity contribution in [2.24, 2.45) is 0 Å². The number of hydrogen-bond acceptors (Lipinski definition) is 4. The average Bonchev–Trinajstić information content (AvgIpc) is 2.93. The van der Waals surface area contributed by atoms with E-state index < -0.39 is 17.5 Å². The summed E-state index contributed by atoms with van der Waals surface area (Å²) in [7, 11) is 0. The second-order valence-corrected chi connectivity index (χ2v) is 5.20. The number of aliphatic hydroxyl groups excluding tert-OH is 1. The number of fused-ring (bicyclic) bond motifs is 1. The van der Waals surface area contributed by atoms with Gasteiger partial charge in [-0.3, -0.25) is 10.0 Å². The summed E-state index contributed by atoms with van der Waals surface area (Å²) in [5, 5.41) is 18.7. The third-order valence-corrected chi connectivity index (χ3v) is 3.71. The average molecular weight is 333 g/mol. The molecule has 0 spiro atoms. The highest BCUT2D eigenvalue weighted by atomic mass is 19.1. The highest BCUT2D eigenvalue weighted by Gasteiger charge is 2.14. The first-order valence-electron chi connectivity index (χ1n) is 7.00. The van der Waals surface area contributed by atoms with E-state index in [0.717, 1.165) is 6.07 Å². The summed E-state index contributed by atoms with van der Waals surface area (Å²) in [6.07, 6.45) is 3.00. The molecule has 3 rings (SSSR count). The van der Waals surface area contributed by atoms with Gasteiger partial charge in [0.2, 0.25) is 0 Å². The fraction of sp³-hybridized carbons (Fsp3) is 0.125. The van der Waals surface area contributed by atoms with Gasteiger partial charge >= 0.3 is 0 Å². The number of nitrogens with zero attached hydrogens (tertiary/aromatic N) is 2. The molecule has 6 nitrogen and oxygen atoms in total. The Morgan fingerprint density at radius 2 is 2.04 bits per heavy atom. The first-order valence-corrected chi connectivity index (χ1v) is 7.00. The SMILES string of the molecule is O=C(NO)c1cc2c(CO)cn(Cc3ccc(F)cc3F)c2cn1. The normalized spacial score (nSPS) is 11.0. The molecule has 0 saturated heterocycles. The lowest BCUT2D eigenvalue weighted by molar-refractivity contribution is 0.0701. The number of aliphatic hydroxyl groups is 1. The lowest BCUT2D eigenvalue weighted by Gasteiger charge is -2.07. The van der Waals surface area contributed by atoms with Gasteiger partial charge in [-0.2, -0.15) is 0 Å². The van der Waals surface area contributed by atoms with E-state index in [9.17, 15) is 18.7 Å². The van der Waals surface area contributed by atoms with Crippen LogP contribution >= 0.6 is 0 Å². The van der Waals surface area contributed by atoms with Crippen molar-refractivity contribution in [2.45, 2.75) is 13.2 Å². The number of halogens is 2. The monoisotopic (exact) mass is 333 g/mol. The van der Waals surface area contributed by atoms with Crippen molar-refractivity contribution in [1.29, 1.82) is 0 Å². The molecular weight excluding hydrogens is 320 g/mol. The maximum atomic E-state index is 13.8. The molecule has 124 valence electrons. The zero-order valence-electron chi connectivity index (χ0n) is 12.3. The molecule has 3 N–H and O–H groups in total. The van der Waals surface area contributed by atoms with E-state index >= 15 is 0 Å². The molecule has 1 aromatic carbocycles. The molecule has 2 aromatic heterocycles. The Bertz CT molecular complexity index is 924. The van der Waals surface area contributed by atoms with Gasteiger partial charge in [-0.15, -0.1) is 0 Å². The number of benzene rings is 1. The molecule has 1 amide bonds. The largest absolute Gasteiger partial charge is 0.392 e. The molecule has 24 heavy (non-hydrogen) atoms. The lowest BCUT2D eigenvalue weighted by Crippen LogP contribution is -2.19. The smallest absolute Gasteiger partial charge is 0.293 e. The molecule has 0 aliphatic heterocycles. The summed E-state index contributed by atoms with van der Waals surface area (Å²) in [4.78, 5) is 15.4. The van der Waals surface area contributed by atoms with Gasteiger partial charge in [-0.05, 0) is 12.1 Å². The second kappa shape index (κ2) is 6.34. The number of hydroxylamine groups is 1. The minimum Gasteiger partial charge on any atom is -0.392 e. The summed E-state index contributed by atoms with van der Waals surface area (Å²) < 4.78 is 28.5. The molecule has 0 aliphatic rings. The lowest BCUT2D eigenvalue weighted by atomic mass is 10.2. The van der Waals surface area contributed by atoms with E-state index in [0.29, 0.717) is 16.5 Å². The van der Waals surface area contributed by atoms with Crippen molar-refractivity contribution in [1.82, 2.24) is 15.0 Å². The van der Waals surface area contributed by atoms with Crippen molar-refractivity contribution in [3.63, 3.8) is 0 Å². The van der Waals surface area contributed by atoms with Gasteiger partial charge < -0.3 is 9.67 Å². The standard InChI is InChI=1S/C16H13F2N3O3/c17-11-2-1-9(13(18)3-11)6-21-7-10(8-22)12-4-14(16(23)20-24)19-5-15(12)21/h1-5,7,22,24H,6,8H2,(H,20,23). The molecule has 0 atom stereocenters. The highest BCUT2D eigenvalue weighted by molar-refractivity contribution is 5.96. The van der Waals surface area contributed by atoms with E-state index in [1.54, 1.807) is 10.8 Å². The summed E-state index contributed by atoms with van der Waals surface area (Å²) in [6, 6.07) is 4.73. The van der Waals surface area contributed by atoms with Crippen LogP contribution in [0.1, 0.15) is 21.6 Å². The Morgan fingerprint density at radius 3 is 2.71 bits per heavy atom. The number of carbonyl (C=O) groups is 1. The van der Waals surface area contributed by atoms with Crippen LogP contribution in [0.5, 0.6) is 0 Å². The van der Waals surface area contributed by atoms with Crippen LogP contribution < -0.4 is 5.48 Å². The predicted molar refractivity (Wildman–Crippen MR) is 80.4 cm³/mol. The van der Waals surface area contributed by atoms with Crippen LogP contribution in [0, 0.1) is 11.6 Å². The number of pyridine rings is 1. The van der Waals surface area contributed by atoms with Crippen LogP contribution in [0.2, 0.25) is 0 Å². The van der Waals surface area contributed by atoms with E-state index in [4.69, 9.17) is 5.21 Å². The Hall–Kier alpha value is -2.84. The quantitative estimate of drug-likeness (QED) is 0.503. The summed E-state index contributed by atoms with van der Waals surface area (Å²) in [6.45, 7) is -0.185. The van der Waals surface area contributed by atoms with Gasteiger partial charge in [0.15, 0.2) is 0 Å². The van der Waals surface area contributed by atoms with Gasteiger partial charge in [0, 0.05) is 28.8 Å². The number of rotatable bonds is 4. The fourth-order valence-corrected chi connectivity index (χ4v) is 2.53. The molecule has 0 bridgehead atoms. The number of amides is 1. The molecule has 3 aromatic rings. The van der Waals surface area contributed by atoms with Crippen molar-refractivity contribution in [2.75, 3.05) is 0 Å². The van der Waals surface area contributed by atoms with Crippen molar-refractivity contribution >= 4 is 16.8 Å². The first-order chi connectivity index (χ1) is 11.5. The minimum atomic E-state index is -0.780. The van der Waals surface area contributed by atoms with Crippen LogP contribution in [-0.2, 0) is 13.2 Å². The van der Waals surface area contributed by atoms with Crippen LogP contribution in [0.4, 0.5) is 8.78 Å². The molecule has 0 radical (unpaired) electrons. The van der Waals surface area contributed by atoms with Gasteiger partial charge in [0.05, 0.1) is 24.9 Å². The Balaban J connectivity index is 2.07. The third-order valence-electron chi connectivity index (χ3n) is 3.71. The number of carbonyl (C=O) groups excluding carboxylic acids is 1. The van der Waals surface area contributed by atoms with Gasteiger partial charge in [-0.1, -0.05) is 6.07 Å². The van der Waals surface area contributed by atoms with Gasteiger partial charge in [-0.25, -0.2) is 19.2 Å². The van der Waals surface area contributed by atoms with E-state index in [1.807, 2.05) is 0 Å². The summed E-state index contributed by atoms with van der Waals surface area (Å²) in [5.41, 5.74) is 2.82. The molecular formula is C16H13F2N3O3. The molecule has 2 heterocycles. The molecule has 0 saturated carbocycles. The maximum Gasteiger partial charge on any atom is 0.293 e. The van der Waals surface area contributed by atoms with Gasteiger partial charge in [0.1, 0.15) is 17.3 Å². The van der Waals surface area contributed by atoms with Crippen LogP contribution in [-0.4, -0.2) is 25.8 Å². The first kappa shape index (κ1) is 16.0. The van der Waals surface area contributed by atoms with Crippen molar-refractivity contribution in [3.8, 4) is 0 Å². The van der Waals surface area contributed by atoms with E-state index in [1.165, 1.54) is 29.9 Å². The van der Waals surface area contributed by atoms with Gasteiger partial charge in [0.25, 0.3) is 5.91 Å². The number of aromatic nitrogens is 2. The Labute approximate surface area is 134 Å². The van der Waals surface area contributed by atoms with Crippen molar-refractivity contribution in [3.05, 3.63) is 65.1 Å². The van der Waals surface area contributed by atoms with Crippen LogP contribution in [0.15, 0.2) is 36.7 Å². The van der Waals surface area contributed by atoms with Crippen LogP contribution in [0.3, 0.4) is 0 Å². The van der Waals surface area contributed by atoms with Crippen LogP contribution in [0.25, 0.3) is 10.9 Å². The Morgan fingerprint density at radius 1 is 1.25 bits per heavy atom. The molecule has 0 aliphatic carbocycles.